The van der Waals surface area contributed by atoms with E-state index in [0.29, 0.717) is 5.56 Å². The van der Waals surface area contributed by atoms with Crippen molar-refractivity contribution < 1.29 is 38.9 Å². The minimum atomic E-state index is -5.10. The summed E-state index contributed by atoms with van der Waals surface area (Å²) in [5.41, 5.74) is -2.63. The van der Waals surface area contributed by atoms with Crippen molar-refractivity contribution >= 4 is 10.1 Å². The number of aryl methyl sites for hydroxylation is 1. The lowest BCUT2D eigenvalue weighted by atomic mass is 10.1. The molecule has 0 spiro atoms. The summed E-state index contributed by atoms with van der Waals surface area (Å²) < 4.78 is 105. The van der Waals surface area contributed by atoms with E-state index in [9.17, 15) is 34.8 Å². The molecule has 0 atom stereocenters. The van der Waals surface area contributed by atoms with Crippen molar-refractivity contribution in [3.63, 3.8) is 0 Å². The summed E-state index contributed by atoms with van der Waals surface area (Å²) in [4.78, 5) is -0.399. The van der Waals surface area contributed by atoms with Crippen molar-refractivity contribution in [1.82, 2.24) is 0 Å². The van der Waals surface area contributed by atoms with E-state index in [1.54, 1.807) is 6.92 Å². The number of halogens is 6. The number of hydrogen-bond donors (Lipinski definition) is 0. The van der Waals surface area contributed by atoms with E-state index in [1.165, 1.54) is 12.1 Å². The summed E-state index contributed by atoms with van der Waals surface area (Å²) in [5.74, 6) is -1.08. The van der Waals surface area contributed by atoms with Crippen LogP contribution < -0.4 is 4.18 Å². The van der Waals surface area contributed by atoms with Gasteiger partial charge in [-0.25, -0.2) is 0 Å². The third kappa shape index (κ3) is 4.65. The van der Waals surface area contributed by atoms with Gasteiger partial charge >= 0.3 is 22.5 Å². The van der Waals surface area contributed by atoms with Crippen LogP contribution in [0.4, 0.5) is 26.3 Å². The molecule has 0 radical (unpaired) electrons. The van der Waals surface area contributed by atoms with Crippen LogP contribution in [-0.4, -0.2) is 8.42 Å². The molecule has 0 unspecified atom stereocenters. The highest BCUT2D eigenvalue weighted by atomic mass is 32.2. The lowest BCUT2D eigenvalue weighted by Crippen LogP contribution is -2.14. The van der Waals surface area contributed by atoms with E-state index in [0.717, 1.165) is 12.1 Å². The van der Waals surface area contributed by atoms with Gasteiger partial charge in [-0.05, 0) is 37.3 Å². The SMILES string of the molecule is Cc1ccc(S(=O)(=O)Oc2cc(C(F)(F)F)cc(C(F)(F)F)c2)cc1. The van der Waals surface area contributed by atoms with Crippen LogP contribution in [0, 0.1) is 6.92 Å². The minimum Gasteiger partial charge on any atom is -0.379 e. The molecule has 0 aromatic heterocycles. The fraction of sp³-hybridized carbons (Fsp3) is 0.200. The maximum atomic E-state index is 12.8. The first kappa shape index (κ1) is 19.1. The van der Waals surface area contributed by atoms with Crippen molar-refractivity contribution in [2.24, 2.45) is 0 Å². The molecule has 0 saturated carbocycles. The van der Waals surface area contributed by atoms with Crippen molar-refractivity contribution in [2.75, 3.05) is 0 Å². The fourth-order valence-electron chi connectivity index (χ4n) is 1.85. The van der Waals surface area contributed by atoms with Gasteiger partial charge in [-0.3, -0.25) is 0 Å². The first-order chi connectivity index (χ1) is 11.3. The molecule has 0 aliphatic carbocycles. The summed E-state index contributed by atoms with van der Waals surface area (Å²) in [6.07, 6.45) is -10.2. The van der Waals surface area contributed by atoms with Crippen molar-refractivity contribution in [3.8, 4) is 5.75 Å². The predicted molar refractivity (Wildman–Crippen MR) is 75.4 cm³/mol. The van der Waals surface area contributed by atoms with Crippen molar-refractivity contribution in [2.45, 2.75) is 24.2 Å². The molecule has 0 amide bonds. The van der Waals surface area contributed by atoms with Gasteiger partial charge in [-0.2, -0.15) is 34.8 Å². The molecule has 0 fully saturated rings. The van der Waals surface area contributed by atoms with Crippen LogP contribution in [-0.2, 0) is 22.5 Å². The van der Waals surface area contributed by atoms with Crippen LogP contribution in [0.25, 0.3) is 0 Å². The fourth-order valence-corrected chi connectivity index (χ4v) is 2.77. The van der Waals surface area contributed by atoms with E-state index < -0.39 is 44.2 Å². The van der Waals surface area contributed by atoms with Gasteiger partial charge < -0.3 is 4.18 Å². The summed E-state index contributed by atoms with van der Waals surface area (Å²) in [7, 11) is -4.59. The smallest absolute Gasteiger partial charge is 0.379 e. The second kappa shape index (κ2) is 6.25. The summed E-state index contributed by atoms with van der Waals surface area (Å²) >= 11 is 0. The molecule has 0 heterocycles. The van der Waals surface area contributed by atoms with Crippen LogP contribution >= 0.6 is 0 Å². The normalized spacial score (nSPS) is 12.9. The van der Waals surface area contributed by atoms with Gasteiger partial charge in [0.25, 0.3) is 0 Å². The molecule has 0 saturated heterocycles. The molecule has 2 aromatic rings. The summed E-state index contributed by atoms with van der Waals surface area (Å²) in [5, 5.41) is 0. The molecule has 3 nitrogen and oxygen atoms in total. The molecule has 136 valence electrons. The van der Waals surface area contributed by atoms with Gasteiger partial charge in [-0.1, -0.05) is 17.7 Å². The Kier molecular flexibility index (Phi) is 4.77. The molecule has 0 bridgehead atoms. The molecule has 0 aliphatic heterocycles. The van der Waals surface area contributed by atoms with Crippen LogP contribution in [0.5, 0.6) is 5.75 Å². The Labute approximate surface area is 139 Å². The van der Waals surface area contributed by atoms with Gasteiger partial charge in [-0.15, -0.1) is 0 Å². The molecule has 2 aromatic carbocycles. The van der Waals surface area contributed by atoms with Gasteiger partial charge in [0, 0.05) is 0 Å². The van der Waals surface area contributed by atoms with Crippen LogP contribution in [0.3, 0.4) is 0 Å². The Morgan fingerprint density at radius 3 is 1.64 bits per heavy atom. The average molecular weight is 384 g/mol. The maximum Gasteiger partial charge on any atom is 0.416 e. The highest BCUT2D eigenvalue weighted by Crippen LogP contribution is 2.38. The Bertz CT molecular complexity index is 835. The lowest BCUT2D eigenvalue weighted by molar-refractivity contribution is -0.143. The highest BCUT2D eigenvalue weighted by Gasteiger charge is 2.37. The molecule has 25 heavy (non-hydrogen) atoms. The second-order valence-electron chi connectivity index (χ2n) is 5.09. The quantitative estimate of drug-likeness (QED) is 0.564. The zero-order valence-electron chi connectivity index (χ0n) is 12.4. The lowest BCUT2D eigenvalue weighted by Gasteiger charge is -2.14. The Balaban J connectivity index is 2.49. The molecule has 0 aliphatic rings. The summed E-state index contributed by atoms with van der Waals surface area (Å²) in [6, 6.07) is 5.34. The van der Waals surface area contributed by atoms with Gasteiger partial charge in [0.1, 0.15) is 10.6 Å². The monoisotopic (exact) mass is 384 g/mol. The Morgan fingerprint density at radius 2 is 1.24 bits per heavy atom. The van der Waals surface area contributed by atoms with E-state index >= 15 is 0 Å². The number of rotatable bonds is 3. The van der Waals surface area contributed by atoms with Crippen LogP contribution in [0.15, 0.2) is 47.4 Å². The standard InChI is InChI=1S/C15H10F6O3S/c1-9-2-4-13(5-3-9)25(22,23)24-12-7-10(14(16,17)18)6-11(8-12)15(19,20)21/h2-8H,1H3. The first-order valence-electron chi connectivity index (χ1n) is 6.60. The number of hydrogen-bond acceptors (Lipinski definition) is 3. The highest BCUT2D eigenvalue weighted by molar-refractivity contribution is 7.87. The third-order valence-corrected chi connectivity index (χ3v) is 4.34. The van der Waals surface area contributed by atoms with Crippen LogP contribution in [0.2, 0.25) is 0 Å². The summed E-state index contributed by atoms with van der Waals surface area (Å²) in [6.45, 7) is 1.67. The molecular weight excluding hydrogens is 374 g/mol. The second-order valence-corrected chi connectivity index (χ2v) is 6.64. The van der Waals surface area contributed by atoms with E-state index in [1.807, 2.05) is 0 Å². The van der Waals surface area contributed by atoms with E-state index in [2.05, 4.69) is 4.18 Å². The van der Waals surface area contributed by atoms with Crippen LogP contribution in [0.1, 0.15) is 16.7 Å². The topological polar surface area (TPSA) is 43.4 Å². The number of alkyl halides is 6. The van der Waals surface area contributed by atoms with Gasteiger partial charge in [0.2, 0.25) is 0 Å². The maximum absolute atomic E-state index is 12.8. The van der Waals surface area contributed by atoms with Gasteiger partial charge in [0.15, 0.2) is 0 Å². The largest absolute Gasteiger partial charge is 0.416 e. The van der Waals surface area contributed by atoms with Gasteiger partial charge in [0.05, 0.1) is 11.1 Å². The predicted octanol–water partition coefficient (Wildman–Crippen LogP) is 4.80. The molecule has 0 N–H and O–H groups in total. The molecule has 2 rings (SSSR count). The minimum absolute atomic E-state index is 0.120. The Morgan fingerprint density at radius 1 is 0.800 bits per heavy atom. The van der Waals surface area contributed by atoms with Crippen molar-refractivity contribution in [3.05, 3.63) is 59.2 Å². The number of benzene rings is 2. The third-order valence-electron chi connectivity index (χ3n) is 3.08. The van der Waals surface area contributed by atoms with E-state index in [4.69, 9.17) is 0 Å². The average Bonchev–Trinajstić information content (AvgIpc) is 2.45. The zero-order chi connectivity index (χ0) is 19.0. The zero-order valence-corrected chi connectivity index (χ0v) is 13.3. The van der Waals surface area contributed by atoms with Crippen molar-refractivity contribution in [1.29, 1.82) is 0 Å². The molecule has 10 heteroatoms. The first-order valence-corrected chi connectivity index (χ1v) is 8.00. The van der Waals surface area contributed by atoms with E-state index in [-0.39, 0.29) is 18.2 Å². The molecular formula is C15H10F6O3S. The Hall–Kier alpha value is -2.23.